The molecule has 69 heavy (non-hydrogen) atoms. The summed E-state index contributed by atoms with van der Waals surface area (Å²) < 4.78 is 4.92. The third-order valence-corrected chi connectivity index (χ3v) is 14.8. The number of nitrogens with zero attached hydrogens (tertiary/aromatic N) is 2. The van der Waals surface area contributed by atoms with E-state index in [1.165, 1.54) is 110 Å². The van der Waals surface area contributed by atoms with E-state index in [1.54, 1.807) is 0 Å². The SMILES string of the molecule is c1ccc(-c2ccc(-n3c4ccc(-c5ccc6c(c5)c5ccccc5n6-c5cccc(-c6ccccc6)c5)cc4c4c5c(ccc43)-c3ccccc3C5(c3ccccc3)c3ccccc3)cc2)cc1. The molecule has 1 aliphatic rings. The highest BCUT2D eigenvalue weighted by Crippen LogP contribution is 2.59. The lowest BCUT2D eigenvalue weighted by molar-refractivity contribution is 0.776. The van der Waals surface area contributed by atoms with Crippen LogP contribution in [0.3, 0.4) is 0 Å². The lowest BCUT2D eigenvalue weighted by atomic mass is 9.67. The van der Waals surface area contributed by atoms with Gasteiger partial charge in [-0.05, 0) is 127 Å². The Bertz CT molecular complexity index is 4050. The summed E-state index contributed by atoms with van der Waals surface area (Å²) in [6.45, 7) is 0. The van der Waals surface area contributed by atoms with Gasteiger partial charge in [0.1, 0.15) is 0 Å². The van der Waals surface area contributed by atoms with Gasteiger partial charge in [-0.3, -0.25) is 0 Å². The van der Waals surface area contributed by atoms with E-state index < -0.39 is 5.41 Å². The van der Waals surface area contributed by atoms with Crippen molar-refractivity contribution < 1.29 is 0 Å². The van der Waals surface area contributed by atoms with E-state index in [2.05, 4.69) is 276 Å². The quantitative estimate of drug-likeness (QED) is 0.151. The minimum atomic E-state index is -0.571. The van der Waals surface area contributed by atoms with Gasteiger partial charge in [0.25, 0.3) is 0 Å². The van der Waals surface area contributed by atoms with Crippen LogP contribution in [0.4, 0.5) is 0 Å². The average Bonchev–Trinajstić information content (AvgIpc) is 4.06. The molecule has 322 valence electrons. The molecule has 0 saturated heterocycles. The topological polar surface area (TPSA) is 9.86 Å². The van der Waals surface area contributed by atoms with Crippen LogP contribution in [0.5, 0.6) is 0 Å². The third kappa shape index (κ3) is 5.92. The first-order valence-corrected chi connectivity index (χ1v) is 23.9. The summed E-state index contributed by atoms with van der Waals surface area (Å²) in [4.78, 5) is 0. The van der Waals surface area contributed by atoms with Crippen molar-refractivity contribution in [2.75, 3.05) is 0 Å². The van der Waals surface area contributed by atoms with Gasteiger partial charge in [-0.15, -0.1) is 0 Å². The van der Waals surface area contributed by atoms with Crippen molar-refractivity contribution in [1.29, 1.82) is 0 Å². The van der Waals surface area contributed by atoms with Crippen LogP contribution in [0.1, 0.15) is 22.3 Å². The molecule has 2 aromatic heterocycles. The van der Waals surface area contributed by atoms with Gasteiger partial charge >= 0.3 is 0 Å². The normalized spacial score (nSPS) is 12.8. The van der Waals surface area contributed by atoms with Gasteiger partial charge in [0.15, 0.2) is 0 Å². The fourth-order valence-electron chi connectivity index (χ4n) is 11.8. The van der Waals surface area contributed by atoms with Gasteiger partial charge < -0.3 is 9.13 Å². The molecule has 13 aromatic rings. The molecular formula is C67H44N2. The molecule has 11 aromatic carbocycles. The molecule has 0 saturated carbocycles. The highest BCUT2D eigenvalue weighted by atomic mass is 15.0. The second kappa shape index (κ2) is 15.6. The number of hydrogen-bond acceptors (Lipinski definition) is 0. The molecule has 0 unspecified atom stereocenters. The highest BCUT2D eigenvalue weighted by Gasteiger charge is 2.47. The summed E-state index contributed by atoms with van der Waals surface area (Å²) >= 11 is 0. The zero-order valence-electron chi connectivity index (χ0n) is 37.8. The number of hydrogen-bond donors (Lipinski definition) is 0. The summed E-state index contributed by atoms with van der Waals surface area (Å²) in [7, 11) is 0. The molecule has 2 nitrogen and oxygen atoms in total. The first-order chi connectivity index (χ1) is 34.2. The molecule has 0 spiro atoms. The summed E-state index contributed by atoms with van der Waals surface area (Å²) in [5, 5.41) is 4.98. The predicted octanol–water partition coefficient (Wildman–Crippen LogP) is 17.2. The van der Waals surface area contributed by atoms with Crippen molar-refractivity contribution >= 4 is 43.6 Å². The maximum atomic E-state index is 2.49. The molecule has 0 bridgehead atoms. The number of benzene rings is 11. The van der Waals surface area contributed by atoms with Crippen molar-refractivity contribution in [3.63, 3.8) is 0 Å². The van der Waals surface area contributed by atoms with Gasteiger partial charge in [0, 0.05) is 32.9 Å². The highest BCUT2D eigenvalue weighted by molar-refractivity contribution is 6.17. The molecule has 1 aliphatic carbocycles. The summed E-state index contributed by atoms with van der Waals surface area (Å²) in [5.41, 5.74) is 21.4. The molecule has 2 heteroatoms. The number of rotatable bonds is 7. The van der Waals surface area contributed by atoms with Crippen LogP contribution in [0.2, 0.25) is 0 Å². The summed E-state index contributed by atoms with van der Waals surface area (Å²) in [6, 6.07) is 98.6. The number of fused-ring (bicyclic) bond motifs is 10. The van der Waals surface area contributed by atoms with E-state index in [0.717, 1.165) is 11.4 Å². The Hall–Kier alpha value is -8.98. The van der Waals surface area contributed by atoms with Crippen LogP contribution in [0.15, 0.2) is 267 Å². The number of aromatic nitrogens is 2. The van der Waals surface area contributed by atoms with Crippen LogP contribution < -0.4 is 0 Å². The fraction of sp³-hybridized carbons (Fsp3) is 0.0149. The van der Waals surface area contributed by atoms with E-state index in [9.17, 15) is 0 Å². The monoisotopic (exact) mass is 876 g/mol. The zero-order valence-corrected chi connectivity index (χ0v) is 37.8. The predicted molar refractivity (Wildman–Crippen MR) is 289 cm³/mol. The molecule has 0 atom stereocenters. The summed E-state index contributed by atoms with van der Waals surface area (Å²) in [6.07, 6.45) is 0. The molecule has 14 rings (SSSR count). The molecule has 0 radical (unpaired) electrons. The Labute approximate surface area is 401 Å². The lowest BCUT2D eigenvalue weighted by Crippen LogP contribution is -2.28. The van der Waals surface area contributed by atoms with Crippen molar-refractivity contribution in [3.05, 3.63) is 289 Å². The summed E-state index contributed by atoms with van der Waals surface area (Å²) in [5.74, 6) is 0. The standard InChI is InChI=1S/C67H44N2/c1-5-18-45(19-6-1)47-32-36-53(37-33-47)68-63-40-35-50(49-34-39-62-58(43-49)56-29-14-16-31-61(56)69(62)54-27-17-22-48(42-54)46-20-7-2-8-21-46)44-59(63)65-64(68)41-38-57-55-28-13-15-30-60(55)67(66(57)65,51-23-9-3-10-24-51)52-25-11-4-12-26-52/h1-44H. The van der Waals surface area contributed by atoms with Gasteiger partial charge in [0.2, 0.25) is 0 Å². The third-order valence-electron chi connectivity index (χ3n) is 14.8. The Kier molecular flexibility index (Phi) is 8.84. The smallest absolute Gasteiger partial charge is 0.0720 e. The minimum Gasteiger partial charge on any atom is -0.309 e. The van der Waals surface area contributed by atoms with Crippen molar-refractivity contribution in [2.45, 2.75) is 5.41 Å². The van der Waals surface area contributed by atoms with Gasteiger partial charge in [0.05, 0.1) is 27.5 Å². The van der Waals surface area contributed by atoms with Gasteiger partial charge in [-0.1, -0.05) is 206 Å². The Morgan fingerprint density at radius 1 is 0.261 bits per heavy atom. The van der Waals surface area contributed by atoms with Crippen LogP contribution in [0.25, 0.3) is 99.5 Å². The molecule has 0 N–H and O–H groups in total. The Morgan fingerprint density at radius 2 is 0.739 bits per heavy atom. The van der Waals surface area contributed by atoms with Crippen LogP contribution in [-0.4, -0.2) is 9.13 Å². The molecule has 0 aliphatic heterocycles. The first-order valence-electron chi connectivity index (χ1n) is 23.9. The maximum Gasteiger partial charge on any atom is 0.0720 e. The average molecular weight is 877 g/mol. The van der Waals surface area contributed by atoms with Gasteiger partial charge in [-0.2, -0.15) is 0 Å². The van der Waals surface area contributed by atoms with E-state index in [-0.39, 0.29) is 0 Å². The van der Waals surface area contributed by atoms with Crippen molar-refractivity contribution in [3.8, 4) is 55.9 Å². The van der Waals surface area contributed by atoms with Crippen LogP contribution >= 0.6 is 0 Å². The van der Waals surface area contributed by atoms with Crippen LogP contribution in [-0.2, 0) is 5.41 Å². The van der Waals surface area contributed by atoms with E-state index in [0.29, 0.717) is 0 Å². The van der Waals surface area contributed by atoms with E-state index >= 15 is 0 Å². The Balaban J connectivity index is 1.03. The van der Waals surface area contributed by atoms with E-state index in [4.69, 9.17) is 0 Å². The van der Waals surface area contributed by atoms with Crippen LogP contribution in [0, 0.1) is 0 Å². The molecular weight excluding hydrogens is 833 g/mol. The molecule has 0 fully saturated rings. The fourth-order valence-corrected chi connectivity index (χ4v) is 11.8. The minimum absolute atomic E-state index is 0.571. The molecule has 0 amide bonds. The second-order valence-corrected chi connectivity index (χ2v) is 18.4. The van der Waals surface area contributed by atoms with Crippen molar-refractivity contribution in [1.82, 2.24) is 9.13 Å². The largest absolute Gasteiger partial charge is 0.309 e. The molecule has 2 heterocycles. The zero-order chi connectivity index (χ0) is 45.5. The number of para-hydroxylation sites is 1. The van der Waals surface area contributed by atoms with Crippen molar-refractivity contribution in [2.24, 2.45) is 0 Å². The van der Waals surface area contributed by atoms with E-state index in [1.807, 2.05) is 0 Å². The Morgan fingerprint density at radius 3 is 1.43 bits per heavy atom. The van der Waals surface area contributed by atoms with Gasteiger partial charge in [-0.25, -0.2) is 0 Å². The second-order valence-electron chi connectivity index (χ2n) is 18.4. The maximum absolute atomic E-state index is 2.49. The lowest BCUT2D eigenvalue weighted by Gasteiger charge is -2.34. The first kappa shape index (κ1) is 39.2.